The Balaban J connectivity index is 2.72. The van der Waals surface area contributed by atoms with Gasteiger partial charge in [0.15, 0.2) is 0 Å². The van der Waals surface area contributed by atoms with Gasteiger partial charge >= 0.3 is 0 Å². The lowest BCUT2D eigenvalue weighted by Gasteiger charge is -2.13. The maximum Gasteiger partial charge on any atom is 0.272 e. The predicted octanol–water partition coefficient (Wildman–Crippen LogP) is 2.83. The van der Waals surface area contributed by atoms with Gasteiger partial charge in [0.2, 0.25) is 0 Å². The Bertz CT molecular complexity index is 391. The molecule has 0 saturated carbocycles. The standard InChI is InChI=1S/C13H20N2O2/c1-4-14-10(2)8-9-12-6-5-7-13(11(12)3)15(16)17/h5-7,10,14H,4,8-9H2,1-3H3. The van der Waals surface area contributed by atoms with E-state index in [1.807, 2.05) is 13.0 Å². The Morgan fingerprint density at radius 2 is 2.18 bits per heavy atom. The highest BCUT2D eigenvalue weighted by atomic mass is 16.6. The van der Waals surface area contributed by atoms with E-state index in [1.165, 1.54) is 0 Å². The molecule has 1 atom stereocenters. The van der Waals surface area contributed by atoms with Crippen molar-refractivity contribution in [2.24, 2.45) is 0 Å². The molecule has 0 amide bonds. The summed E-state index contributed by atoms with van der Waals surface area (Å²) in [5.74, 6) is 0. The Labute approximate surface area is 102 Å². The fourth-order valence-electron chi connectivity index (χ4n) is 1.96. The van der Waals surface area contributed by atoms with E-state index in [0.29, 0.717) is 6.04 Å². The van der Waals surface area contributed by atoms with Crippen LogP contribution in [-0.4, -0.2) is 17.5 Å². The predicted molar refractivity (Wildman–Crippen MR) is 69.3 cm³/mol. The first-order valence-corrected chi connectivity index (χ1v) is 6.02. The summed E-state index contributed by atoms with van der Waals surface area (Å²) in [7, 11) is 0. The molecule has 1 aromatic rings. The average Bonchev–Trinajstić information content (AvgIpc) is 2.27. The zero-order valence-corrected chi connectivity index (χ0v) is 10.7. The zero-order valence-electron chi connectivity index (χ0n) is 10.7. The van der Waals surface area contributed by atoms with Gasteiger partial charge in [0, 0.05) is 17.7 Å². The molecule has 0 fully saturated rings. The fraction of sp³-hybridized carbons (Fsp3) is 0.538. The van der Waals surface area contributed by atoms with Crippen molar-refractivity contribution in [3.63, 3.8) is 0 Å². The lowest BCUT2D eigenvalue weighted by Crippen LogP contribution is -2.25. The molecule has 0 heterocycles. The van der Waals surface area contributed by atoms with Crippen LogP contribution >= 0.6 is 0 Å². The van der Waals surface area contributed by atoms with Crippen molar-refractivity contribution in [2.45, 2.75) is 39.7 Å². The van der Waals surface area contributed by atoms with Gasteiger partial charge in [0.25, 0.3) is 5.69 Å². The van der Waals surface area contributed by atoms with Gasteiger partial charge in [0.1, 0.15) is 0 Å². The monoisotopic (exact) mass is 236 g/mol. The third-order valence-corrected chi connectivity index (χ3v) is 3.01. The summed E-state index contributed by atoms with van der Waals surface area (Å²) < 4.78 is 0. The maximum absolute atomic E-state index is 10.8. The second-order valence-electron chi connectivity index (χ2n) is 4.32. The number of rotatable bonds is 6. The van der Waals surface area contributed by atoms with Crippen molar-refractivity contribution in [3.8, 4) is 0 Å². The Kier molecular flexibility index (Phi) is 5.10. The van der Waals surface area contributed by atoms with Crippen molar-refractivity contribution in [2.75, 3.05) is 6.54 Å². The van der Waals surface area contributed by atoms with Gasteiger partial charge < -0.3 is 5.32 Å². The first kappa shape index (κ1) is 13.6. The van der Waals surface area contributed by atoms with Crippen LogP contribution in [0.1, 0.15) is 31.4 Å². The molecule has 1 unspecified atom stereocenters. The number of benzene rings is 1. The molecule has 0 radical (unpaired) electrons. The molecular formula is C13H20N2O2. The lowest BCUT2D eigenvalue weighted by atomic mass is 10.0. The second kappa shape index (κ2) is 6.35. The number of hydrogen-bond acceptors (Lipinski definition) is 3. The highest BCUT2D eigenvalue weighted by Gasteiger charge is 2.13. The highest BCUT2D eigenvalue weighted by molar-refractivity contribution is 5.44. The largest absolute Gasteiger partial charge is 0.315 e. The van der Waals surface area contributed by atoms with E-state index in [2.05, 4.69) is 19.2 Å². The van der Waals surface area contributed by atoms with E-state index in [4.69, 9.17) is 0 Å². The van der Waals surface area contributed by atoms with Gasteiger partial charge in [-0.15, -0.1) is 0 Å². The van der Waals surface area contributed by atoms with E-state index in [1.54, 1.807) is 12.1 Å². The Morgan fingerprint density at radius 1 is 1.47 bits per heavy atom. The summed E-state index contributed by atoms with van der Waals surface area (Å²) in [4.78, 5) is 10.5. The number of nitrogens with zero attached hydrogens (tertiary/aromatic N) is 1. The topological polar surface area (TPSA) is 55.2 Å². The molecule has 0 aromatic heterocycles. The van der Waals surface area contributed by atoms with Crippen LogP contribution in [0.3, 0.4) is 0 Å². The molecule has 0 saturated heterocycles. The molecule has 4 heteroatoms. The van der Waals surface area contributed by atoms with E-state index < -0.39 is 0 Å². The van der Waals surface area contributed by atoms with Crippen molar-refractivity contribution >= 4 is 5.69 Å². The summed E-state index contributed by atoms with van der Waals surface area (Å²) >= 11 is 0. The van der Waals surface area contributed by atoms with Gasteiger partial charge in [-0.2, -0.15) is 0 Å². The minimum atomic E-state index is -0.313. The average molecular weight is 236 g/mol. The molecule has 1 rings (SSSR count). The van der Waals surface area contributed by atoms with E-state index in [-0.39, 0.29) is 10.6 Å². The van der Waals surface area contributed by atoms with Crippen LogP contribution < -0.4 is 5.32 Å². The molecule has 0 aliphatic heterocycles. The lowest BCUT2D eigenvalue weighted by molar-refractivity contribution is -0.385. The van der Waals surface area contributed by atoms with E-state index in [0.717, 1.165) is 30.5 Å². The smallest absolute Gasteiger partial charge is 0.272 e. The highest BCUT2D eigenvalue weighted by Crippen LogP contribution is 2.22. The Morgan fingerprint density at radius 3 is 2.76 bits per heavy atom. The molecule has 94 valence electrons. The van der Waals surface area contributed by atoms with Crippen LogP contribution in [0, 0.1) is 17.0 Å². The summed E-state index contributed by atoms with van der Waals surface area (Å²) in [5.41, 5.74) is 2.09. The summed E-state index contributed by atoms with van der Waals surface area (Å²) in [6.45, 7) is 6.99. The van der Waals surface area contributed by atoms with Crippen molar-refractivity contribution < 1.29 is 4.92 Å². The third kappa shape index (κ3) is 3.82. The van der Waals surface area contributed by atoms with Crippen molar-refractivity contribution in [1.82, 2.24) is 5.32 Å². The minimum Gasteiger partial charge on any atom is -0.315 e. The Hall–Kier alpha value is -1.42. The van der Waals surface area contributed by atoms with Crippen LogP contribution in [-0.2, 0) is 6.42 Å². The second-order valence-corrected chi connectivity index (χ2v) is 4.32. The van der Waals surface area contributed by atoms with Gasteiger partial charge in [-0.25, -0.2) is 0 Å². The van der Waals surface area contributed by atoms with E-state index >= 15 is 0 Å². The molecule has 17 heavy (non-hydrogen) atoms. The number of nitro groups is 1. The minimum absolute atomic E-state index is 0.221. The molecule has 0 bridgehead atoms. The number of nitro benzene ring substituents is 1. The summed E-state index contributed by atoms with van der Waals surface area (Å²) in [6.07, 6.45) is 1.87. The number of hydrogen-bond donors (Lipinski definition) is 1. The van der Waals surface area contributed by atoms with Crippen LogP contribution in [0.2, 0.25) is 0 Å². The van der Waals surface area contributed by atoms with Gasteiger partial charge in [-0.05, 0) is 38.8 Å². The molecule has 1 aromatic carbocycles. The molecule has 0 aliphatic carbocycles. The molecule has 4 nitrogen and oxygen atoms in total. The molecule has 0 spiro atoms. The van der Waals surface area contributed by atoms with Crippen LogP contribution in [0.5, 0.6) is 0 Å². The van der Waals surface area contributed by atoms with Gasteiger partial charge in [0.05, 0.1) is 4.92 Å². The van der Waals surface area contributed by atoms with Gasteiger partial charge in [-0.3, -0.25) is 10.1 Å². The van der Waals surface area contributed by atoms with Crippen LogP contribution in [0.15, 0.2) is 18.2 Å². The fourth-order valence-corrected chi connectivity index (χ4v) is 1.96. The zero-order chi connectivity index (χ0) is 12.8. The van der Waals surface area contributed by atoms with E-state index in [9.17, 15) is 10.1 Å². The van der Waals surface area contributed by atoms with Crippen LogP contribution in [0.4, 0.5) is 5.69 Å². The normalized spacial score (nSPS) is 12.4. The quantitative estimate of drug-likeness (QED) is 0.610. The molecule has 0 aliphatic rings. The first-order chi connectivity index (χ1) is 8.06. The first-order valence-electron chi connectivity index (χ1n) is 6.02. The number of nitrogens with one attached hydrogen (secondary N) is 1. The van der Waals surface area contributed by atoms with Gasteiger partial charge in [-0.1, -0.05) is 19.1 Å². The third-order valence-electron chi connectivity index (χ3n) is 3.01. The summed E-state index contributed by atoms with van der Waals surface area (Å²) in [5, 5.41) is 14.1. The van der Waals surface area contributed by atoms with Crippen molar-refractivity contribution in [3.05, 3.63) is 39.4 Å². The van der Waals surface area contributed by atoms with Crippen molar-refractivity contribution in [1.29, 1.82) is 0 Å². The SMILES string of the molecule is CCNC(C)CCc1cccc([N+](=O)[O-])c1C. The summed E-state index contributed by atoms with van der Waals surface area (Å²) in [6, 6.07) is 5.74. The van der Waals surface area contributed by atoms with Crippen LogP contribution in [0.25, 0.3) is 0 Å². The molecule has 1 N–H and O–H groups in total. The number of aryl methyl sites for hydroxylation is 1. The molecular weight excluding hydrogens is 216 g/mol. The maximum atomic E-state index is 10.8.